The maximum atomic E-state index is 11.6. The van der Waals surface area contributed by atoms with Crippen molar-refractivity contribution in [2.45, 2.75) is 40.0 Å². The summed E-state index contributed by atoms with van der Waals surface area (Å²) in [5.41, 5.74) is 3.60. The third kappa shape index (κ3) is 7.44. The molecule has 0 bridgehead atoms. The smallest absolute Gasteiger partial charge is 0.434 e. The van der Waals surface area contributed by atoms with Crippen molar-refractivity contribution in [1.82, 2.24) is 5.32 Å². The first kappa shape index (κ1) is 18.7. The summed E-state index contributed by atoms with van der Waals surface area (Å²) in [4.78, 5) is 33.8. The Morgan fingerprint density at radius 2 is 1.83 bits per heavy atom. The van der Waals surface area contributed by atoms with Crippen LogP contribution >= 0.6 is 0 Å². The first-order chi connectivity index (χ1) is 10.9. The number of benzene rings is 1. The average Bonchev–Trinajstić information content (AvgIpc) is 2.49. The molecular formula is C17H23NO5. The van der Waals surface area contributed by atoms with Gasteiger partial charge in [0.05, 0.1) is 13.0 Å². The highest BCUT2D eigenvalue weighted by molar-refractivity contribution is 5.85. The van der Waals surface area contributed by atoms with Crippen LogP contribution in [0.15, 0.2) is 18.2 Å². The molecule has 0 atom stereocenters. The first-order valence-corrected chi connectivity index (χ1v) is 7.62. The highest BCUT2D eigenvalue weighted by Gasteiger charge is 2.13. The van der Waals surface area contributed by atoms with Gasteiger partial charge in [-0.25, -0.2) is 4.79 Å². The van der Waals surface area contributed by atoms with E-state index in [0.717, 1.165) is 12.0 Å². The number of nitrogens with one attached hydrogen (secondary N) is 1. The van der Waals surface area contributed by atoms with Crippen LogP contribution in [0.5, 0.6) is 0 Å². The standard InChI is InChI=1S/C17H23NO5/c1-4-22-17(21)23-16(20)8-7-15(19)18-10-9-14-6-5-12(2)13(3)11-14/h5-6,11H,4,7-10H2,1-3H3,(H,18,19). The van der Waals surface area contributed by atoms with E-state index in [0.29, 0.717) is 6.54 Å². The van der Waals surface area contributed by atoms with Crippen molar-refractivity contribution in [2.75, 3.05) is 13.2 Å². The molecule has 0 radical (unpaired) electrons. The van der Waals surface area contributed by atoms with E-state index < -0.39 is 12.1 Å². The van der Waals surface area contributed by atoms with Crippen molar-refractivity contribution in [3.05, 3.63) is 34.9 Å². The molecular weight excluding hydrogens is 298 g/mol. The molecule has 0 spiro atoms. The molecule has 0 aliphatic carbocycles. The zero-order chi connectivity index (χ0) is 17.2. The fourth-order valence-electron chi connectivity index (χ4n) is 1.90. The average molecular weight is 321 g/mol. The van der Waals surface area contributed by atoms with Gasteiger partial charge in [0.25, 0.3) is 0 Å². The summed E-state index contributed by atoms with van der Waals surface area (Å²) in [5, 5.41) is 2.74. The van der Waals surface area contributed by atoms with Crippen LogP contribution < -0.4 is 5.32 Å². The van der Waals surface area contributed by atoms with Gasteiger partial charge in [0.2, 0.25) is 5.91 Å². The van der Waals surface area contributed by atoms with E-state index in [9.17, 15) is 14.4 Å². The normalized spacial score (nSPS) is 10.0. The molecule has 0 aliphatic rings. The summed E-state index contributed by atoms with van der Waals surface area (Å²) in [6.45, 7) is 6.33. The van der Waals surface area contributed by atoms with Gasteiger partial charge in [-0.2, -0.15) is 0 Å². The van der Waals surface area contributed by atoms with Gasteiger partial charge in [-0.05, 0) is 43.9 Å². The van der Waals surface area contributed by atoms with Gasteiger partial charge in [0.15, 0.2) is 0 Å². The minimum Gasteiger partial charge on any atom is -0.434 e. The maximum Gasteiger partial charge on any atom is 0.516 e. The van der Waals surface area contributed by atoms with Crippen molar-refractivity contribution < 1.29 is 23.9 Å². The van der Waals surface area contributed by atoms with E-state index in [1.165, 1.54) is 11.1 Å². The van der Waals surface area contributed by atoms with Crippen molar-refractivity contribution in [2.24, 2.45) is 0 Å². The summed E-state index contributed by atoms with van der Waals surface area (Å²) >= 11 is 0. The fourth-order valence-corrected chi connectivity index (χ4v) is 1.90. The van der Waals surface area contributed by atoms with Crippen LogP contribution in [0.1, 0.15) is 36.5 Å². The molecule has 1 rings (SSSR count). The van der Waals surface area contributed by atoms with Gasteiger partial charge >= 0.3 is 12.1 Å². The molecule has 0 aliphatic heterocycles. The molecule has 0 saturated heterocycles. The fraction of sp³-hybridized carbons (Fsp3) is 0.471. The SMILES string of the molecule is CCOC(=O)OC(=O)CCC(=O)NCCc1ccc(C)c(C)c1. The Morgan fingerprint density at radius 1 is 1.09 bits per heavy atom. The van der Waals surface area contributed by atoms with Gasteiger partial charge in [0, 0.05) is 13.0 Å². The van der Waals surface area contributed by atoms with E-state index in [1.54, 1.807) is 6.92 Å². The van der Waals surface area contributed by atoms with Crippen LogP contribution in [0.25, 0.3) is 0 Å². The van der Waals surface area contributed by atoms with Crippen molar-refractivity contribution >= 4 is 18.0 Å². The second-order valence-corrected chi connectivity index (χ2v) is 5.18. The Bertz CT molecular complexity index is 568. The molecule has 0 heterocycles. The number of carbonyl (C=O) groups is 3. The summed E-state index contributed by atoms with van der Waals surface area (Å²) in [5.74, 6) is -1.03. The quantitative estimate of drug-likeness (QED) is 0.616. The molecule has 0 saturated carbocycles. The number of rotatable bonds is 7. The minimum atomic E-state index is -1.03. The lowest BCUT2D eigenvalue weighted by atomic mass is 10.0. The monoisotopic (exact) mass is 321 g/mol. The number of carbonyl (C=O) groups excluding carboxylic acids is 3. The Hall–Kier alpha value is -2.37. The molecule has 0 fully saturated rings. The topological polar surface area (TPSA) is 81.7 Å². The number of amides is 1. The molecule has 1 amide bonds. The largest absolute Gasteiger partial charge is 0.516 e. The lowest BCUT2D eigenvalue weighted by Gasteiger charge is -2.07. The summed E-state index contributed by atoms with van der Waals surface area (Å²) in [6.07, 6.45) is -0.493. The number of esters is 1. The lowest BCUT2D eigenvalue weighted by Crippen LogP contribution is -2.26. The third-order valence-electron chi connectivity index (χ3n) is 3.32. The Balaban J connectivity index is 2.22. The molecule has 0 aromatic heterocycles. The van der Waals surface area contributed by atoms with E-state index in [2.05, 4.69) is 33.8 Å². The Morgan fingerprint density at radius 3 is 2.48 bits per heavy atom. The first-order valence-electron chi connectivity index (χ1n) is 7.62. The summed E-state index contributed by atoms with van der Waals surface area (Å²) in [6, 6.07) is 6.18. The van der Waals surface area contributed by atoms with Crippen molar-refractivity contribution in [3.8, 4) is 0 Å². The van der Waals surface area contributed by atoms with Crippen LogP contribution in [0.2, 0.25) is 0 Å². The predicted octanol–water partition coefficient (Wildman–Crippen LogP) is 2.44. The Kier molecular flexibility index (Phi) is 7.80. The third-order valence-corrected chi connectivity index (χ3v) is 3.32. The van der Waals surface area contributed by atoms with E-state index >= 15 is 0 Å². The molecule has 1 aromatic carbocycles. The number of hydrogen-bond acceptors (Lipinski definition) is 5. The number of hydrogen-bond donors (Lipinski definition) is 1. The van der Waals surface area contributed by atoms with Crippen molar-refractivity contribution in [1.29, 1.82) is 0 Å². The Labute approximate surface area is 136 Å². The van der Waals surface area contributed by atoms with E-state index in [4.69, 9.17) is 0 Å². The molecule has 6 nitrogen and oxygen atoms in total. The highest BCUT2D eigenvalue weighted by Crippen LogP contribution is 2.09. The second kappa shape index (κ2) is 9.61. The minimum absolute atomic E-state index is 0.0227. The maximum absolute atomic E-state index is 11.6. The summed E-state index contributed by atoms with van der Waals surface area (Å²) in [7, 11) is 0. The molecule has 126 valence electrons. The van der Waals surface area contributed by atoms with E-state index in [1.807, 2.05) is 13.0 Å². The van der Waals surface area contributed by atoms with Crippen LogP contribution in [-0.2, 0) is 25.5 Å². The zero-order valence-electron chi connectivity index (χ0n) is 13.8. The molecule has 1 aromatic rings. The molecule has 23 heavy (non-hydrogen) atoms. The van der Waals surface area contributed by atoms with Crippen LogP contribution in [0.4, 0.5) is 4.79 Å². The van der Waals surface area contributed by atoms with Gasteiger partial charge in [0.1, 0.15) is 0 Å². The number of ether oxygens (including phenoxy) is 2. The zero-order valence-corrected chi connectivity index (χ0v) is 13.8. The van der Waals surface area contributed by atoms with E-state index in [-0.39, 0.29) is 25.4 Å². The van der Waals surface area contributed by atoms with Gasteiger partial charge < -0.3 is 14.8 Å². The second-order valence-electron chi connectivity index (χ2n) is 5.18. The molecule has 1 N–H and O–H groups in total. The molecule has 0 unspecified atom stereocenters. The molecule has 6 heteroatoms. The van der Waals surface area contributed by atoms with Crippen LogP contribution in [0, 0.1) is 13.8 Å². The lowest BCUT2D eigenvalue weighted by molar-refractivity contribution is -0.141. The van der Waals surface area contributed by atoms with Gasteiger partial charge in [-0.3, -0.25) is 9.59 Å². The summed E-state index contributed by atoms with van der Waals surface area (Å²) < 4.78 is 8.83. The predicted molar refractivity (Wildman–Crippen MR) is 85.0 cm³/mol. The van der Waals surface area contributed by atoms with Crippen molar-refractivity contribution in [3.63, 3.8) is 0 Å². The van der Waals surface area contributed by atoms with Crippen LogP contribution in [-0.4, -0.2) is 31.2 Å². The van der Waals surface area contributed by atoms with Gasteiger partial charge in [-0.15, -0.1) is 0 Å². The number of aryl methyl sites for hydroxylation is 2. The van der Waals surface area contributed by atoms with Gasteiger partial charge in [-0.1, -0.05) is 18.2 Å². The van der Waals surface area contributed by atoms with Crippen LogP contribution in [0.3, 0.4) is 0 Å². The highest BCUT2D eigenvalue weighted by atomic mass is 16.7.